The molecule has 0 aromatic carbocycles. The maximum atomic E-state index is 11.2. The molecule has 16 heavy (non-hydrogen) atoms. The van der Waals surface area contributed by atoms with E-state index in [0.717, 1.165) is 18.8 Å². The van der Waals surface area contributed by atoms with Crippen molar-refractivity contribution in [2.45, 2.75) is 51.1 Å². The Morgan fingerprint density at radius 1 is 1.56 bits per heavy atom. The van der Waals surface area contributed by atoms with Gasteiger partial charge in [-0.25, -0.2) is 0 Å². The Morgan fingerprint density at radius 2 is 2.31 bits per heavy atom. The third-order valence-electron chi connectivity index (χ3n) is 3.47. The van der Waals surface area contributed by atoms with Crippen molar-refractivity contribution in [3.63, 3.8) is 0 Å². The highest BCUT2D eigenvalue weighted by Crippen LogP contribution is 2.26. The lowest BCUT2D eigenvalue weighted by molar-refractivity contribution is -0.121. The molecule has 1 saturated carbocycles. The molecule has 0 aromatic heterocycles. The molecule has 1 rings (SSSR count). The average Bonchev–Trinajstić information content (AvgIpc) is 2.28. The van der Waals surface area contributed by atoms with Gasteiger partial charge in [-0.3, -0.25) is 4.79 Å². The molecule has 0 spiro atoms. The van der Waals surface area contributed by atoms with Crippen molar-refractivity contribution in [2.75, 3.05) is 13.7 Å². The van der Waals surface area contributed by atoms with Crippen LogP contribution in [0.3, 0.4) is 0 Å². The van der Waals surface area contributed by atoms with E-state index in [1.54, 1.807) is 7.11 Å². The van der Waals surface area contributed by atoms with Crippen molar-refractivity contribution >= 4 is 5.91 Å². The number of rotatable bonds is 6. The highest BCUT2D eigenvalue weighted by Gasteiger charge is 2.25. The molecule has 0 aliphatic heterocycles. The molecule has 4 nitrogen and oxygen atoms in total. The van der Waals surface area contributed by atoms with Crippen molar-refractivity contribution < 1.29 is 9.53 Å². The summed E-state index contributed by atoms with van der Waals surface area (Å²) in [4.78, 5) is 11.2. The van der Waals surface area contributed by atoms with Gasteiger partial charge in [0.25, 0.3) is 0 Å². The summed E-state index contributed by atoms with van der Waals surface area (Å²) in [6.07, 6.45) is 6.09. The number of methoxy groups -OCH3 is 1. The first-order valence-corrected chi connectivity index (χ1v) is 6.21. The second-order valence-corrected chi connectivity index (χ2v) is 4.71. The summed E-state index contributed by atoms with van der Waals surface area (Å²) in [5, 5.41) is 3.32. The summed E-state index contributed by atoms with van der Waals surface area (Å²) in [5.74, 6) is 0.475. The second-order valence-electron chi connectivity index (χ2n) is 4.71. The Hall–Kier alpha value is -0.610. The summed E-state index contributed by atoms with van der Waals surface area (Å²) in [5.41, 5.74) is 5.33. The molecule has 3 N–H and O–H groups in total. The number of nitrogens with two attached hydrogens (primary N) is 1. The van der Waals surface area contributed by atoms with E-state index < -0.39 is 0 Å². The fraction of sp³-hybridized carbons (Fsp3) is 0.917. The van der Waals surface area contributed by atoms with Crippen LogP contribution in [0.1, 0.15) is 39.0 Å². The van der Waals surface area contributed by atoms with Crippen LogP contribution in [0.2, 0.25) is 0 Å². The number of carbonyl (C=O) groups excluding carboxylic acids is 1. The van der Waals surface area contributed by atoms with Crippen molar-refractivity contribution in [3.05, 3.63) is 0 Å². The summed E-state index contributed by atoms with van der Waals surface area (Å²) in [7, 11) is 1.59. The van der Waals surface area contributed by atoms with Crippen LogP contribution in [0, 0.1) is 5.92 Å². The van der Waals surface area contributed by atoms with E-state index in [0.29, 0.717) is 12.6 Å². The predicted molar refractivity (Wildman–Crippen MR) is 64.0 cm³/mol. The quantitative estimate of drug-likeness (QED) is 0.714. The second kappa shape index (κ2) is 6.86. The van der Waals surface area contributed by atoms with Gasteiger partial charge in [0.05, 0.1) is 6.61 Å². The van der Waals surface area contributed by atoms with Crippen LogP contribution in [0.4, 0.5) is 0 Å². The first-order chi connectivity index (χ1) is 7.67. The topological polar surface area (TPSA) is 64.3 Å². The van der Waals surface area contributed by atoms with Crippen LogP contribution < -0.4 is 11.1 Å². The van der Waals surface area contributed by atoms with Gasteiger partial charge in [-0.2, -0.15) is 0 Å². The number of amides is 1. The molecule has 0 bridgehead atoms. The third-order valence-corrected chi connectivity index (χ3v) is 3.47. The Labute approximate surface area is 97.9 Å². The minimum absolute atomic E-state index is 0.319. The molecule has 0 radical (unpaired) electrons. The van der Waals surface area contributed by atoms with E-state index in [1.165, 1.54) is 19.3 Å². The molecule has 3 atom stereocenters. The lowest BCUT2D eigenvalue weighted by Gasteiger charge is -2.31. The lowest BCUT2D eigenvalue weighted by atomic mass is 9.84. The zero-order chi connectivity index (χ0) is 12.0. The van der Waals surface area contributed by atoms with E-state index in [9.17, 15) is 4.79 Å². The number of carbonyl (C=O) groups is 1. The van der Waals surface area contributed by atoms with Crippen LogP contribution in [-0.4, -0.2) is 31.7 Å². The number of hydrogen-bond donors (Lipinski definition) is 2. The zero-order valence-electron chi connectivity index (χ0n) is 10.4. The number of hydrogen-bond acceptors (Lipinski definition) is 3. The summed E-state index contributed by atoms with van der Waals surface area (Å²) < 4.78 is 5.00. The van der Waals surface area contributed by atoms with Gasteiger partial charge in [-0.05, 0) is 18.8 Å². The Morgan fingerprint density at radius 3 is 2.88 bits per heavy atom. The maximum absolute atomic E-state index is 11.2. The van der Waals surface area contributed by atoms with Crippen molar-refractivity contribution in [3.8, 4) is 0 Å². The van der Waals surface area contributed by atoms with Crippen LogP contribution in [0.5, 0.6) is 0 Å². The van der Waals surface area contributed by atoms with Gasteiger partial charge < -0.3 is 15.8 Å². The molecular weight excluding hydrogens is 204 g/mol. The highest BCUT2D eigenvalue weighted by molar-refractivity contribution is 5.80. The fourth-order valence-corrected chi connectivity index (χ4v) is 2.48. The van der Waals surface area contributed by atoms with Crippen LogP contribution in [0.15, 0.2) is 0 Å². The van der Waals surface area contributed by atoms with Crippen LogP contribution in [-0.2, 0) is 9.53 Å². The minimum atomic E-state index is -0.342. The molecule has 1 amide bonds. The largest absolute Gasteiger partial charge is 0.383 e. The highest BCUT2D eigenvalue weighted by atomic mass is 16.5. The third kappa shape index (κ3) is 4.10. The SMILES string of the molecule is CCC1CCCC(NC(COC)C(N)=O)C1. The lowest BCUT2D eigenvalue weighted by Crippen LogP contribution is -2.50. The molecule has 4 heteroatoms. The van der Waals surface area contributed by atoms with Crippen molar-refractivity contribution in [1.29, 1.82) is 0 Å². The normalized spacial score (nSPS) is 27.6. The van der Waals surface area contributed by atoms with Gasteiger partial charge in [0.15, 0.2) is 0 Å². The average molecular weight is 228 g/mol. The zero-order valence-corrected chi connectivity index (χ0v) is 10.4. The van der Waals surface area contributed by atoms with Crippen molar-refractivity contribution in [2.24, 2.45) is 11.7 Å². The fourth-order valence-electron chi connectivity index (χ4n) is 2.48. The first-order valence-electron chi connectivity index (χ1n) is 6.21. The van der Waals surface area contributed by atoms with Gasteiger partial charge in [-0.15, -0.1) is 0 Å². The van der Waals surface area contributed by atoms with Gasteiger partial charge in [0, 0.05) is 13.2 Å². The minimum Gasteiger partial charge on any atom is -0.383 e. The summed E-state index contributed by atoms with van der Waals surface area (Å²) >= 11 is 0. The van der Waals surface area contributed by atoms with Crippen LogP contribution >= 0.6 is 0 Å². The molecule has 0 saturated heterocycles. The molecule has 1 aliphatic rings. The van der Waals surface area contributed by atoms with E-state index >= 15 is 0 Å². The molecule has 1 fully saturated rings. The smallest absolute Gasteiger partial charge is 0.236 e. The van der Waals surface area contributed by atoms with E-state index in [2.05, 4.69) is 12.2 Å². The molecule has 1 aliphatic carbocycles. The Balaban J connectivity index is 2.41. The Kier molecular flexibility index (Phi) is 5.77. The predicted octanol–water partition coefficient (Wildman–Crippen LogP) is 1.05. The number of primary amides is 1. The van der Waals surface area contributed by atoms with Gasteiger partial charge in [0.1, 0.15) is 6.04 Å². The van der Waals surface area contributed by atoms with Gasteiger partial charge in [0.2, 0.25) is 5.91 Å². The van der Waals surface area contributed by atoms with Gasteiger partial charge >= 0.3 is 0 Å². The monoisotopic (exact) mass is 228 g/mol. The molecule has 3 unspecified atom stereocenters. The molecule has 0 heterocycles. The molecule has 94 valence electrons. The maximum Gasteiger partial charge on any atom is 0.236 e. The van der Waals surface area contributed by atoms with Gasteiger partial charge in [-0.1, -0.05) is 26.2 Å². The van der Waals surface area contributed by atoms with Crippen LogP contribution in [0.25, 0.3) is 0 Å². The van der Waals surface area contributed by atoms with E-state index in [-0.39, 0.29) is 11.9 Å². The van der Waals surface area contributed by atoms with E-state index in [1.807, 2.05) is 0 Å². The number of nitrogens with one attached hydrogen (secondary N) is 1. The van der Waals surface area contributed by atoms with E-state index in [4.69, 9.17) is 10.5 Å². The first kappa shape index (κ1) is 13.5. The number of ether oxygens (including phenoxy) is 1. The molecule has 0 aromatic rings. The van der Waals surface area contributed by atoms with Crippen molar-refractivity contribution in [1.82, 2.24) is 5.32 Å². The molecular formula is C12H24N2O2. The summed E-state index contributed by atoms with van der Waals surface area (Å²) in [6.45, 7) is 2.59. The summed E-state index contributed by atoms with van der Waals surface area (Å²) in [6, 6.07) is 0.0805. The standard InChI is InChI=1S/C12H24N2O2/c1-3-9-5-4-6-10(7-9)14-11(8-16-2)12(13)15/h9-11,14H,3-8H2,1-2H3,(H2,13,15). The Bertz CT molecular complexity index is 221.